The highest BCUT2D eigenvalue weighted by molar-refractivity contribution is 5.30. The first-order valence-corrected chi connectivity index (χ1v) is 5.30. The first-order chi connectivity index (χ1) is 7.27. The molecule has 0 saturated heterocycles. The second-order valence-corrected chi connectivity index (χ2v) is 3.08. The Morgan fingerprint density at radius 2 is 2.00 bits per heavy atom. The van der Waals surface area contributed by atoms with Crippen molar-refractivity contribution in [1.82, 2.24) is 5.32 Å². The Morgan fingerprint density at radius 3 is 2.47 bits per heavy atom. The molecule has 3 nitrogen and oxygen atoms in total. The Kier molecular flexibility index (Phi) is 7.46. The maximum atomic E-state index is 10.1. The Balaban J connectivity index is 0.000000921. The molecule has 0 radical (unpaired) electrons. The molecular weight excluding hydrogens is 188 g/mol. The normalized spacial score (nSPS) is 9.07. The first kappa shape index (κ1) is 13.8. The summed E-state index contributed by atoms with van der Waals surface area (Å²) >= 11 is 0. The van der Waals surface area contributed by atoms with Crippen molar-refractivity contribution in [3.63, 3.8) is 0 Å². The van der Waals surface area contributed by atoms with Gasteiger partial charge >= 0.3 is 0 Å². The highest BCUT2D eigenvalue weighted by Crippen LogP contribution is 2.11. The molecule has 0 saturated carbocycles. The maximum absolute atomic E-state index is 10.1. The van der Waals surface area contributed by atoms with Gasteiger partial charge in [0.05, 0.1) is 0 Å². The fraction of sp³-hybridized carbons (Fsp3) is 0.500. The summed E-state index contributed by atoms with van der Waals surface area (Å²) < 4.78 is 0. The van der Waals surface area contributed by atoms with Crippen molar-refractivity contribution in [2.24, 2.45) is 5.18 Å². The number of rotatable bonds is 4. The van der Waals surface area contributed by atoms with Crippen LogP contribution in [0.4, 0.5) is 0 Å². The Labute approximate surface area is 91.9 Å². The number of nitrogens with zero attached hydrogens (tertiary/aromatic N) is 1. The minimum Gasteiger partial charge on any atom is -0.316 e. The molecular formula is C12H20N2O. The van der Waals surface area contributed by atoms with E-state index in [0.29, 0.717) is 0 Å². The summed E-state index contributed by atoms with van der Waals surface area (Å²) in [5.74, 6) is 0. The van der Waals surface area contributed by atoms with Crippen molar-refractivity contribution in [2.45, 2.75) is 33.9 Å². The predicted molar refractivity (Wildman–Crippen MR) is 64.8 cm³/mol. The lowest BCUT2D eigenvalue weighted by atomic mass is 10.1. The van der Waals surface area contributed by atoms with Crippen LogP contribution in [-0.2, 0) is 13.1 Å². The molecule has 1 rings (SSSR count). The third-order valence-corrected chi connectivity index (χ3v) is 2.02. The monoisotopic (exact) mass is 208 g/mol. The van der Waals surface area contributed by atoms with Crippen LogP contribution in [0.2, 0.25) is 0 Å². The SMILES string of the molecule is CC.CNCc1ccc(CN=O)c(C)c1. The van der Waals surface area contributed by atoms with Crippen molar-refractivity contribution < 1.29 is 0 Å². The van der Waals surface area contributed by atoms with Gasteiger partial charge in [0.2, 0.25) is 0 Å². The number of hydrogen-bond acceptors (Lipinski definition) is 3. The van der Waals surface area contributed by atoms with Crippen LogP contribution in [0.15, 0.2) is 23.4 Å². The van der Waals surface area contributed by atoms with Crippen LogP contribution in [0.3, 0.4) is 0 Å². The van der Waals surface area contributed by atoms with Gasteiger partial charge in [0, 0.05) is 6.54 Å². The van der Waals surface area contributed by atoms with Crippen LogP contribution in [0.1, 0.15) is 30.5 Å². The third-order valence-electron chi connectivity index (χ3n) is 2.02. The van der Waals surface area contributed by atoms with E-state index in [1.165, 1.54) is 5.56 Å². The van der Waals surface area contributed by atoms with Gasteiger partial charge in [-0.15, -0.1) is 0 Å². The second-order valence-electron chi connectivity index (χ2n) is 3.08. The lowest BCUT2D eigenvalue weighted by Crippen LogP contribution is -2.05. The van der Waals surface area contributed by atoms with E-state index in [9.17, 15) is 4.91 Å². The largest absolute Gasteiger partial charge is 0.316 e. The maximum Gasteiger partial charge on any atom is 0.106 e. The summed E-state index contributed by atoms with van der Waals surface area (Å²) in [6.07, 6.45) is 0. The zero-order chi connectivity index (χ0) is 11.7. The van der Waals surface area contributed by atoms with Crippen LogP contribution < -0.4 is 5.32 Å². The van der Waals surface area contributed by atoms with Crippen LogP contribution in [-0.4, -0.2) is 7.05 Å². The minimum atomic E-state index is 0.270. The Morgan fingerprint density at radius 1 is 1.33 bits per heavy atom. The number of hydrogen-bond donors (Lipinski definition) is 1. The molecule has 84 valence electrons. The molecule has 1 aromatic carbocycles. The average Bonchev–Trinajstić information content (AvgIpc) is 2.26. The molecule has 0 heterocycles. The van der Waals surface area contributed by atoms with Gasteiger partial charge in [-0.3, -0.25) is 0 Å². The molecule has 0 aromatic heterocycles. The zero-order valence-corrected chi connectivity index (χ0v) is 10.0. The summed E-state index contributed by atoms with van der Waals surface area (Å²) in [5, 5.41) is 5.95. The minimum absolute atomic E-state index is 0.270. The quantitative estimate of drug-likeness (QED) is 0.773. The third kappa shape index (κ3) is 4.70. The molecule has 0 unspecified atom stereocenters. The lowest BCUT2D eigenvalue weighted by molar-refractivity contribution is 0.815. The van der Waals surface area contributed by atoms with Gasteiger partial charge < -0.3 is 5.32 Å². The molecule has 1 N–H and O–H groups in total. The van der Waals surface area contributed by atoms with Gasteiger partial charge in [-0.25, -0.2) is 0 Å². The van der Waals surface area contributed by atoms with Crippen molar-refractivity contribution in [1.29, 1.82) is 0 Å². The smallest absolute Gasteiger partial charge is 0.106 e. The van der Waals surface area contributed by atoms with E-state index < -0.39 is 0 Å². The Hall–Kier alpha value is -1.22. The number of nitroso groups, excluding NO2 is 1. The molecule has 0 aliphatic carbocycles. The molecule has 0 amide bonds. The number of benzene rings is 1. The van der Waals surface area contributed by atoms with Crippen molar-refractivity contribution in [3.05, 3.63) is 39.8 Å². The van der Waals surface area contributed by atoms with Gasteiger partial charge in [-0.05, 0) is 30.7 Å². The van der Waals surface area contributed by atoms with Crippen molar-refractivity contribution in [2.75, 3.05) is 7.05 Å². The molecule has 15 heavy (non-hydrogen) atoms. The molecule has 0 aliphatic heterocycles. The summed E-state index contributed by atoms with van der Waals surface area (Å²) in [6, 6.07) is 6.06. The van der Waals surface area contributed by atoms with E-state index in [1.54, 1.807) is 0 Å². The summed E-state index contributed by atoms with van der Waals surface area (Å²) in [5.41, 5.74) is 3.37. The van der Waals surface area contributed by atoms with Crippen molar-refractivity contribution in [3.8, 4) is 0 Å². The highest BCUT2D eigenvalue weighted by atomic mass is 16.3. The van der Waals surface area contributed by atoms with E-state index >= 15 is 0 Å². The van der Waals surface area contributed by atoms with Gasteiger partial charge in [0.1, 0.15) is 6.54 Å². The second kappa shape index (κ2) is 8.12. The summed E-state index contributed by atoms with van der Waals surface area (Å²) in [7, 11) is 1.91. The fourth-order valence-electron chi connectivity index (χ4n) is 1.32. The van der Waals surface area contributed by atoms with Crippen LogP contribution in [0.5, 0.6) is 0 Å². The number of aryl methyl sites for hydroxylation is 1. The standard InChI is InChI=1S/C10H14N2O.C2H6/c1-8-5-9(6-11-2)3-4-10(8)7-12-13;1-2/h3-5,11H,6-7H2,1-2H3;1-2H3. The van der Waals surface area contributed by atoms with E-state index in [0.717, 1.165) is 17.7 Å². The van der Waals surface area contributed by atoms with Gasteiger partial charge in [-0.1, -0.05) is 37.2 Å². The molecule has 0 fully saturated rings. The first-order valence-electron chi connectivity index (χ1n) is 5.30. The van der Waals surface area contributed by atoms with Crippen LogP contribution in [0, 0.1) is 11.8 Å². The molecule has 0 spiro atoms. The topological polar surface area (TPSA) is 41.5 Å². The van der Waals surface area contributed by atoms with Crippen LogP contribution in [0.25, 0.3) is 0 Å². The molecule has 0 bridgehead atoms. The summed E-state index contributed by atoms with van der Waals surface area (Å²) in [6.45, 7) is 7.13. The molecule has 3 heteroatoms. The fourth-order valence-corrected chi connectivity index (χ4v) is 1.32. The van der Waals surface area contributed by atoms with E-state index in [4.69, 9.17) is 0 Å². The van der Waals surface area contributed by atoms with E-state index in [2.05, 4.69) is 16.6 Å². The van der Waals surface area contributed by atoms with E-state index in [-0.39, 0.29) is 6.54 Å². The van der Waals surface area contributed by atoms with E-state index in [1.807, 2.05) is 40.0 Å². The van der Waals surface area contributed by atoms with Crippen molar-refractivity contribution >= 4 is 0 Å². The van der Waals surface area contributed by atoms with Crippen LogP contribution >= 0.6 is 0 Å². The average molecular weight is 208 g/mol. The van der Waals surface area contributed by atoms with Gasteiger partial charge in [0.15, 0.2) is 0 Å². The number of nitrogens with one attached hydrogen (secondary N) is 1. The van der Waals surface area contributed by atoms with Gasteiger partial charge in [-0.2, -0.15) is 4.91 Å². The molecule has 0 atom stereocenters. The molecule has 0 aliphatic rings. The lowest BCUT2D eigenvalue weighted by Gasteiger charge is -2.04. The summed E-state index contributed by atoms with van der Waals surface area (Å²) in [4.78, 5) is 10.1. The predicted octanol–water partition coefficient (Wildman–Crippen LogP) is 3.01. The van der Waals surface area contributed by atoms with Gasteiger partial charge in [0.25, 0.3) is 0 Å². The highest BCUT2D eigenvalue weighted by Gasteiger charge is 1.99. The molecule has 1 aromatic rings. The Bertz CT molecular complexity index is 298. The zero-order valence-electron chi connectivity index (χ0n) is 10.0.